The molecule has 0 amide bonds. The number of hydrogen-bond donors (Lipinski definition) is 0. The Morgan fingerprint density at radius 2 is 0.778 bits per heavy atom. The van der Waals surface area contributed by atoms with Crippen LogP contribution in [0.2, 0.25) is 0 Å². The van der Waals surface area contributed by atoms with Gasteiger partial charge in [0.1, 0.15) is 0 Å². The van der Waals surface area contributed by atoms with Gasteiger partial charge in [0.15, 0.2) is 0 Å². The number of quaternary nitrogens is 1. The molecule has 8 heteroatoms. The van der Waals surface area contributed by atoms with Gasteiger partial charge in [0.05, 0.1) is 60.0 Å². The molecule has 0 aromatic heterocycles. The molecule has 0 aliphatic heterocycles. The van der Waals surface area contributed by atoms with Crippen LogP contribution in [-0.2, 0) is 0 Å². The molecule has 166 valence electrons. The van der Waals surface area contributed by atoms with Crippen LogP contribution in [0, 0.1) is 0 Å². The van der Waals surface area contributed by atoms with Gasteiger partial charge in [-0.15, -0.1) is 69.6 Å². The monoisotopic (exact) mass is 567 g/mol. The Morgan fingerprint density at radius 3 is 1.04 bits per heavy atom. The third-order valence-electron chi connectivity index (χ3n) is 4.51. The maximum atomic E-state index is 5.88. The van der Waals surface area contributed by atoms with Gasteiger partial charge in [-0.2, -0.15) is 0 Å². The normalized spacial score (nSPS) is 30.9. The molecule has 0 bridgehead atoms. The Labute approximate surface area is 208 Å². The summed E-state index contributed by atoms with van der Waals surface area (Å²) in [6.45, 7) is 3.61. The molecule has 1 rings (SSSR count). The highest BCUT2D eigenvalue weighted by Gasteiger charge is 2.46. The first-order chi connectivity index (χ1) is 12.0. The number of hydrogen-bond acceptors (Lipinski definition) is 0. The Kier molecular flexibility index (Phi) is 19.5. The van der Waals surface area contributed by atoms with Crippen molar-refractivity contribution in [3.8, 4) is 0 Å². The minimum absolute atomic E-state index is 0. The fourth-order valence-corrected chi connectivity index (χ4v) is 5.10. The van der Waals surface area contributed by atoms with Crippen molar-refractivity contribution in [2.75, 3.05) is 27.7 Å². The van der Waals surface area contributed by atoms with Crippen molar-refractivity contribution in [1.29, 1.82) is 0 Å². The minimum atomic E-state index is -0.437. The van der Waals surface area contributed by atoms with E-state index in [1.807, 2.05) is 0 Å². The van der Waals surface area contributed by atoms with E-state index >= 15 is 0 Å². The van der Waals surface area contributed by atoms with E-state index in [0.29, 0.717) is 0 Å². The number of unbranched alkanes of at least 4 members (excludes halogenated alkanes) is 7. The van der Waals surface area contributed by atoms with Crippen LogP contribution in [0.15, 0.2) is 0 Å². The molecule has 0 aromatic rings. The van der Waals surface area contributed by atoms with E-state index in [1.165, 1.54) is 57.9 Å². The molecule has 1 saturated carbocycles. The third kappa shape index (κ3) is 14.0. The number of alkyl halides is 6. The predicted molar refractivity (Wildman–Crippen MR) is 123 cm³/mol. The van der Waals surface area contributed by atoms with E-state index in [1.54, 1.807) is 0 Å². The molecule has 0 atom stereocenters. The van der Waals surface area contributed by atoms with E-state index in [-0.39, 0.29) is 17.0 Å². The summed E-state index contributed by atoms with van der Waals surface area (Å²) in [5.74, 6) is 0. The molecule has 0 heterocycles. The van der Waals surface area contributed by atoms with Crippen molar-refractivity contribution >= 4 is 69.6 Å². The molecule has 1 aliphatic carbocycles. The Morgan fingerprint density at radius 1 is 0.519 bits per heavy atom. The van der Waals surface area contributed by atoms with Crippen LogP contribution in [0.4, 0.5) is 0 Å². The summed E-state index contributed by atoms with van der Waals surface area (Å²) in [7, 11) is 6.84. The van der Waals surface area contributed by atoms with E-state index in [9.17, 15) is 0 Å². The molecule has 0 aromatic carbocycles. The van der Waals surface area contributed by atoms with E-state index in [2.05, 4.69) is 28.1 Å². The third-order valence-corrected chi connectivity index (χ3v) is 8.54. The summed E-state index contributed by atoms with van der Waals surface area (Å²) < 4.78 is 1.12. The largest absolute Gasteiger partial charge is 1.00 e. The fourth-order valence-electron chi connectivity index (χ4n) is 2.77. The van der Waals surface area contributed by atoms with Gasteiger partial charge in [0.25, 0.3) is 0 Å². The topological polar surface area (TPSA) is 0 Å². The molecular weight excluding hydrogens is 535 g/mol. The first-order valence-electron chi connectivity index (χ1n) is 9.67. The van der Waals surface area contributed by atoms with Crippen LogP contribution in [0.1, 0.15) is 58.3 Å². The van der Waals surface area contributed by atoms with Gasteiger partial charge in [0, 0.05) is 0 Å². The van der Waals surface area contributed by atoms with E-state index < -0.39 is 32.3 Å². The van der Waals surface area contributed by atoms with Crippen LogP contribution in [0.5, 0.6) is 0 Å². The van der Waals surface area contributed by atoms with Crippen molar-refractivity contribution in [3.63, 3.8) is 0 Å². The van der Waals surface area contributed by atoms with Crippen LogP contribution in [0.25, 0.3) is 0 Å². The van der Waals surface area contributed by atoms with Crippen molar-refractivity contribution < 1.29 is 21.5 Å². The lowest BCUT2D eigenvalue weighted by Crippen LogP contribution is -3.00. The number of nitrogens with zero attached hydrogens (tertiary/aromatic N) is 1. The first-order valence-corrected chi connectivity index (χ1v) is 12.3. The summed E-state index contributed by atoms with van der Waals surface area (Å²) in [6, 6.07) is 0. The Bertz CT molecular complexity index is 297. The van der Waals surface area contributed by atoms with Gasteiger partial charge in [-0.25, -0.2) is 0 Å². The maximum absolute atomic E-state index is 5.88. The second-order valence-electron chi connectivity index (χ2n) is 8.16. The van der Waals surface area contributed by atoms with Gasteiger partial charge in [0.2, 0.25) is 0 Å². The standard InChI is InChI=1S/C13H30N.C6H6Cl6.BrH/c1-5-6-7-8-9-10-11-12-13-14(2,3)4;7-1-2(8)4(10)6(12)5(11)3(1)9;/h5-13H2,1-4H3;1-6H;1H/q+1;;/p-1/t;1-,2-,3-,4+,5+,6+;. The zero-order chi connectivity index (χ0) is 20.3. The molecule has 0 N–H and O–H groups in total. The molecule has 1 nitrogen and oxygen atoms in total. The van der Waals surface area contributed by atoms with Gasteiger partial charge in [-0.05, 0) is 12.8 Å². The molecule has 0 spiro atoms. The average molecular weight is 571 g/mol. The van der Waals surface area contributed by atoms with E-state index in [0.717, 1.165) is 4.48 Å². The second kappa shape index (κ2) is 16.8. The quantitative estimate of drug-likeness (QED) is 0.218. The van der Waals surface area contributed by atoms with Crippen molar-refractivity contribution in [2.45, 2.75) is 90.6 Å². The summed E-state index contributed by atoms with van der Waals surface area (Å²) in [6.07, 6.45) is 11.4. The molecule has 0 saturated heterocycles. The molecular formula is C19H36BrCl6N. The van der Waals surface area contributed by atoms with Gasteiger partial charge in [-0.3, -0.25) is 0 Å². The van der Waals surface area contributed by atoms with Gasteiger partial charge in [-0.1, -0.05) is 45.4 Å². The number of rotatable bonds is 9. The Balaban J connectivity index is 0. The van der Waals surface area contributed by atoms with Crippen molar-refractivity contribution in [1.82, 2.24) is 0 Å². The highest BCUT2D eigenvalue weighted by atomic mass is 79.9. The van der Waals surface area contributed by atoms with Crippen LogP contribution < -0.4 is 17.0 Å². The predicted octanol–water partition coefficient (Wildman–Crippen LogP) is 4.48. The second-order valence-corrected chi connectivity index (χ2v) is 11.2. The highest BCUT2D eigenvalue weighted by Crippen LogP contribution is 2.39. The maximum Gasteiger partial charge on any atom is 0.0780 e. The van der Waals surface area contributed by atoms with Crippen molar-refractivity contribution in [2.24, 2.45) is 0 Å². The zero-order valence-corrected chi connectivity index (χ0v) is 23.0. The summed E-state index contributed by atoms with van der Waals surface area (Å²) in [5.41, 5.74) is 0. The lowest BCUT2D eigenvalue weighted by Gasteiger charge is -2.37. The van der Waals surface area contributed by atoms with Gasteiger partial charge < -0.3 is 21.5 Å². The molecule has 0 radical (unpaired) electrons. The lowest BCUT2D eigenvalue weighted by atomic mass is 9.97. The van der Waals surface area contributed by atoms with Crippen LogP contribution in [-0.4, -0.2) is 64.4 Å². The molecule has 0 unspecified atom stereocenters. The molecule has 1 fully saturated rings. The fraction of sp³-hybridized carbons (Fsp3) is 1.00. The van der Waals surface area contributed by atoms with Gasteiger partial charge >= 0.3 is 0 Å². The van der Waals surface area contributed by atoms with E-state index in [4.69, 9.17) is 69.6 Å². The van der Waals surface area contributed by atoms with Crippen LogP contribution in [0.3, 0.4) is 0 Å². The minimum Gasteiger partial charge on any atom is -1.00 e. The highest BCUT2D eigenvalue weighted by molar-refractivity contribution is 6.45. The lowest BCUT2D eigenvalue weighted by molar-refractivity contribution is -0.870. The zero-order valence-electron chi connectivity index (χ0n) is 16.9. The molecule has 1 aliphatic rings. The Hall–Kier alpha value is 2.18. The smallest absolute Gasteiger partial charge is 0.0780 e. The van der Waals surface area contributed by atoms with Crippen LogP contribution >= 0.6 is 69.6 Å². The molecule has 27 heavy (non-hydrogen) atoms. The SMILES string of the molecule is CCCCCCCCCC[N+](C)(C)C.Cl[C@H]1[C@H](Cl)[C@@H](Cl)[C@@H](Cl)[C@H](Cl)[C@H]1Cl.[Br-]. The summed E-state index contributed by atoms with van der Waals surface area (Å²) >= 11 is 35.3. The average Bonchev–Trinajstić information content (AvgIpc) is 2.58. The number of halogens is 7. The summed E-state index contributed by atoms with van der Waals surface area (Å²) in [4.78, 5) is 0. The summed E-state index contributed by atoms with van der Waals surface area (Å²) in [5, 5.41) is -2.62. The first kappa shape index (κ1) is 31.4. The van der Waals surface area contributed by atoms with Crippen molar-refractivity contribution in [3.05, 3.63) is 0 Å².